The second-order valence-corrected chi connectivity index (χ2v) is 10.5. The van der Waals surface area contributed by atoms with E-state index in [1.807, 2.05) is 19.9 Å². The number of aryl methyl sites for hydroxylation is 1. The van der Waals surface area contributed by atoms with Crippen molar-refractivity contribution in [3.05, 3.63) is 58.8 Å². The molecule has 3 N–H and O–H groups in total. The number of amides is 1. The number of H-pyrrole nitrogens is 1. The molecule has 192 valence electrons. The number of nitriles is 1. The summed E-state index contributed by atoms with van der Waals surface area (Å²) in [5.74, 6) is -0.819. The molecule has 0 aliphatic heterocycles. The highest BCUT2D eigenvalue weighted by Gasteiger charge is 2.31. The van der Waals surface area contributed by atoms with Gasteiger partial charge in [0.25, 0.3) is 5.91 Å². The maximum Gasteiger partial charge on any atom is 0.273 e. The number of aromatic amines is 1. The minimum Gasteiger partial charge on any atom is -0.448 e. The molecule has 0 unspecified atom stereocenters. The molecule has 0 bridgehead atoms. The number of aromatic nitrogens is 3. The molecule has 37 heavy (non-hydrogen) atoms. The fourth-order valence-electron chi connectivity index (χ4n) is 5.29. The summed E-state index contributed by atoms with van der Waals surface area (Å²) in [6, 6.07) is 2.93. The number of carbonyl (C=O) groups excluding carboxylic acids is 1. The van der Waals surface area contributed by atoms with Gasteiger partial charge in [0.2, 0.25) is 0 Å². The van der Waals surface area contributed by atoms with Gasteiger partial charge in [0, 0.05) is 23.8 Å². The molecule has 5 rings (SSSR count). The van der Waals surface area contributed by atoms with E-state index in [9.17, 15) is 14.4 Å². The van der Waals surface area contributed by atoms with E-state index in [1.165, 1.54) is 12.5 Å². The lowest BCUT2D eigenvalue weighted by Crippen LogP contribution is -2.42. The van der Waals surface area contributed by atoms with Crippen LogP contribution in [0.25, 0.3) is 17.1 Å². The molecule has 8 nitrogen and oxygen atoms in total. The Morgan fingerprint density at radius 2 is 2.08 bits per heavy atom. The lowest BCUT2D eigenvalue weighted by Gasteiger charge is -2.30. The zero-order valence-corrected chi connectivity index (χ0v) is 20.9. The molecule has 2 aliphatic carbocycles. The highest BCUT2D eigenvalue weighted by molar-refractivity contribution is 5.93. The highest BCUT2D eigenvalue weighted by Crippen LogP contribution is 2.42. The van der Waals surface area contributed by atoms with Crippen molar-refractivity contribution in [1.29, 1.82) is 5.26 Å². The third-order valence-electron chi connectivity index (χ3n) is 7.04. The molecule has 2 atom stereocenters. The molecule has 1 amide bonds. The topological polar surface area (TPSA) is 120 Å². The Morgan fingerprint density at radius 1 is 1.30 bits per heavy atom. The number of halogens is 2. The van der Waals surface area contributed by atoms with Crippen LogP contribution in [-0.4, -0.2) is 32.9 Å². The van der Waals surface area contributed by atoms with Gasteiger partial charge in [-0.05, 0) is 62.1 Å². The molecule has 2 aliphatic rings. The van der Waals surface area contributed by atoms with Gasteiger partial charge in [-0.15, -0.1) is 0 Å². The van der Waals surface area contributed by atoms with Gasteiger partial charge in [-0.1, -0.05) is 13.8 Å². The van der Waals surface area contributed by atoms with Gasteiger partial charge in [0.05, 0.1) is 17.0 Å². The fourth-order valence-corrected chi connectivity index (χ4v) is 5.29. The number of rotatable bonds is 5. The SMILES string of the molecule is Cc1ocnc1C(=O)N[C@@H]1CCC[C@@H](Nc2nc(-c3c[nH]c4c3CC(C)(C)C=C4F)c(C#N)cc2F)C1. The molecular formula is C27H28F2N6O2. The largest absolute Gasteiger partial charge is 0.448 e. The molecule has 3 heterocycles. The summed E-state index contributed by atoms with van der Waals surface area (Å²) in [6.07, 6.45) is 7.96. The summed E-state index contributed by atoms with van der Waals surface area (Å²) in [6.45, 7) is 5.55. The van der Waals surface area contributed by atoms with Crippen LogP contribution in [0.4, 0.5) is 14.6 Å². The number of pyridine rings is 1. The Labute approximate surface area is 213 Å². The van der Waals surface area contributed by atoms with Gasteiger partial charge in [-0.3, -0.25) is 4.79 Å². The maximum atomic E-state index is 15.0. The molecule has 0 radical (unpaired) electrons. The zero-order valence-electron chi connectivity index (χ0n) is 20.9. The van der Waals surface area contributed by atoms with Crippen LogP contribution in [0, 0.1) is 29.5 Å². The van der Waals surface area contributed by atoms with Crippen molar-refractivity contribution in [1.82, 2.24) is 20.3 Å². The molecule has 0 saturated heterocycles. The summed E-state index contributed by atoms with van der Waals surface area (Å²) < 4.78 is 34.9. The standard InChI is InChI=1S/C27H28F2N6O2/c1-14-22(32-13-37-14)26(36)34-17-6-4-5-16(8-17)33-25-20(28)7-15(11-30)23(35-25)19-12-31-24-18(19)9-27(2,3)10-21(24)29/h7,10,12-13,16-17,31H,4-6,8-9H2,1-3H3,(H,33,35)(H,34,36)/t16-,17-/m1/s1. The number of hydrogen-bond donors (Lipinski definition) is 3. The van der Waals surface area contributed by atoms with Crippen LogP contribution in [0.5, 0.6) is 0 Å². The van der Waals surface area contributed by atoms with Crippen LogP contribution in [0.2, 0.25) is 0 Å². The number of nitrogens with zero attached hydrogens (tertiary/aromatic N) is 3. The van der Waals surface area contributed by atoms with E-state index >= 15 is 4.39 Å². The third-order valence-corrected chi connectivity index (χ3v) is 7.04. The molecule has 10 heteroatoms. The average Bonchev–Trinajstić information content (AvgIpc) is 3.46. The first kappa shape index (κ1) is 24.7. The lowest BCUT2D eigenvalue weighted by atomic mass is 9.79. The molecule has 0 spiro atoms. The first-order valence-electron chi connectivity index (χ1n) is 12.3. The Kier molecular flexibility index (Phi) is 6.31. The number of hydrogen-bond acceptors (Lipinski definition) is 6. The average molecular weight is 507 g/mol. The monoisotopic (exact) mass is 506 g/mol. The van der Waals surface area contributed by atoms with Crippen LogP contribution in [0.15, 0.2) is 29.2 Å². The van der Waals surface area contributed by atoms with E-state index in [4.69, 9.17) is 4.42 Å². The van der Waals surface area contributed by atoms with Crippen molar-refractivity contribution >= 4 is 17.6 Å². The lowest BCUT2D eigenvalue weighted by molar-refractivity contribution is 0.0920. The Balaban J connectivity index is 1.38. The number of oxazole rings is 1. The Hall–Kier alpha value is -4.00. The van der Waals surface area contributed by atoms with E-state index in [0.29, 0.717) is 35.6 Å². The minimum atomic E-state index is -0.638. The van der Waals surface area contributed by atoms with Crippen LogP contribution in [0.1, 0.15) is 72.6 Å². The second-order valence-electron chi connectivity index (χ2n) is 10.5. The smallest absolute Gasteiger partial charge is 0.273 e. The van der Waals surface area contributed by atoms with Gasteiger partial charge >= 0.3 is 0 Å². The summed E-state index contributed by atoms with van der Waals surface area (Å²) in [4.78, 5) is 24.0. The van der Waals surface area contributed by atoms with Gasteiger partial charge in [-0.25, -0.2) is 18.7 Å². The normalized spacial score (nSPS) is 20.5. The van der Waals surface area contributed by atoms with Gasteiger partial charge in [-0.2, -0.15) is 5.26 Å². The Bertz CT molecular complexity index is 1430. The zero-order chi connectivity index (χ0) is 26.3. The number of anilines is 1. The van der Waals surface area contributed by atoms with Gasteiger partial charge in [0.15, 0.2) is 23.7 Å². The molecule has 0 aromatic carbocycles. The fraction of sp³-hybridized carbons (Fsp3) is 0.407. The van der Waals surface area contributed by atoms with Crippen molar-refractivity contribution in [2.45, 2.75) is 65.0 Å². The molecule has 3 aromatic rings. The molecule has 1 fully saturated rings. The number of fused-ring (bicyclic) bond motifs is 1. The van der Waals surface area contributed by atoms with E-state index in [0.717, 1.165) is 24.8 Å². The number of carbonyl (C=O) groups is 1. The van der Waals surface area contributed by atoms with Gasteiger partial charge < -0.3 is 20.0 Å². The quantitative estimate of drug-likeness (QED) is 0.425. The molecular weight excluding hydrogens is 478 g/mol. The van der Waals surface area contributed by atoms with Crippen molar-refractivity contribution in [2.24, 2.45) is 5.41 Å². The predicted octanol–water partition coefficient (Wildman–Crippen LogP) is 5.43. The van der Waals surface area contributed by atoms with Crippen molar-refractivity contribution in [3.63, 3.8) is 0 Å². The number of allylic oxidation sites excluding steroid dienone is 1. The molecule has 3 aromatic heterocycles. The summed E-state index contributed by atoms with van der Waals surface area (Å²) in [7, 11) is 0. The summed E-state index contributed by atoms with van der Waals surface area (Å²) in [5.41, 5.74) is 1.90. The first-order chi connectivity index (χ1) is 17.6. The van der Waals surface area contributed by atoms with Crippen LogP contribution in [-0.2, 0) is 6.42 Å². The van der Waals surface area contributed by atoms with Crippen LogP contribution in [0.3, 0.4) is 0 Å². The maximum absolute atomic E-state index is 15.0. The first-order valence-corrected chi connectivity index (χ1v) is 12.3. The van der Waals surface area contributed by atoms with Crippen molar-refractivity contribution < 1.29 is 18.0 Å². The van der Waals surface area contributed by atoms with Crippen molar-refractivity contribution in [3.8, 4) is 17.3 Å². The van der Waals surface area contributed by atoms with E-state index in [-0.39, 0.29) is 40.9 Å². The predicted molar refractivity (Wildman–Crippen MR) is 134 cm³/mol. The number of nitrogens with one attached hydrogen (secondary N) is 3. The summed E-state index contributed by atoms with van der Waals surface area (Å²) in [5, 5.41) is 15.9. The van der Waals surface area contributed by atoms with Crippen LogP contribution < -0.4 is 10.6 Å². The minimum absolute atomic E-state index is 0.0272. The van der Waals surface area contributed by atoms with Crippen LogP contribution >= 0.6 is 0 Å². The second kappa shape index (κ2) is 9.47. The van der Waals surface area contributed by atoms with Gasteiger partial charge in [0.1, 0.15) is 17.7 Å². The van der Waals surface area contributed by atoms with E-state index < -0.39 is 11.2 Å². The third kappa shape index (κ3) is 4.86. The van der Waals surface area contributed by atoms with E-state index in [1.54, 1.807) is 19.2 Å². The molecule has 1 saturated carbocycles. The van der Waals surface area contributed by atoms with Crippen molar-refractivity contribution in [2.75, 3.05) is 5.32 Å². The van der Waals surface area contributed by atoms with E-state index in [2.05, 4.69) is 25.6 Å². The highest BCUT2D eigenvalue weighted by atomic mass is 19.1. The summed E-state index contributed by atoms with van der Waals surface area (Å²) >= 11 is 0. The Morgan fingerprint density at radius 3 is 2.81 bits per heavy atom.